The van der Waals surface area contributed by atoms with E-state index in [-0.39, 0.29) is 18.0 Å². The van der Waals surface area contributed by atoms with Gasteiger partial charge in [0, 0.05) is 15.7 Å². The minimum atomic E-state index is -0.632. The van der Waals surface area contributed by atoms with Crippen LogP contribution in [0.5, 0.6) is 0 Å². The Balaban J connectivity index is 1.58. The Kier molecular flexibility index (Phi) is 5.64. The summed E-state index contributed by atoms with van der Waals surface area (Å²) in [6.07, 6.45) is 0. The Morgan fingerprint density at radius 3 is 2.37 bits per heavy atom. The van der Waals surface area contributed by atoms with Crippen molar-refractivity contribution in [1.29, 1.82) is 0 Å². The molecule has 3 aromatic carbocycles. The molecule has 1 aliphatic rings. The van der Waals surface area contributed by atoms with Crippen molar-refractivity contribution in [3.63, 3.8) is 0 Å². The molecule has 0 spiro atoms. The molecule has 0 aromatic heterocycles. The zero-order chi connectivity index (χ0) is 21.4. The minimum Gasteiger partial charge on any atom is -0.322 e. The topological polar surface area (TPSA) is 66.5 Å². The summed E-state index contributed by atoms with van der Waals surface area (Å²) in [6.45, 7) is 0.180. The van der Waals surface area contributed by atoms with E-state index in [2.05, 4.69) is 21.2 Å². The van der Waals surface area contributed by atoms with E-state index in [9.17, 15) is 14.4 Å². The Morgan fingerprint density at radius 1 is 0.933 bits per heavy atom. The van der Waals surface area contributed by atoms with E-state index in [4.69, 9.17) is 23.2 Å². The monoisotopic (exact) mass is 502 g/mol. The second kappa shape index (κ2) is 8.22. The van der Waals surface area contributed by atoms with Gasteiger partial charge >= 0.3 is 0 Å². The maximum absolute atomic E-state index is 12.5. The lowest BCUT2D eigenvalue weighted by atomic mass is 10.1. The maximum Gasteiger partial charge on any atom is 0.299 e. The largest absolute Gasteiger partial charge is 0.322 e. The average molecular weight is 504 g/mol. The number of anilines is 2. The number of carbonyl (C=O) groups excluding carboxylic acids is 3. The molecule has 1 N–H and O–H groups in total. The predicted octanol–water partition coefficient (Wildman–Crippen LogP) is 5.74. The third-order valence-corrected chi connectivity index (χ3v) is 5.93. The van der Waals surface area contributed by atoms with Crippen LogP contribution in [0.2, 0.25) is 10.0 Å². The quantitative estimate of drug-likeness (QED) is 0.462. The number of nitrogens with zero attached hydrogens (tertiary/aromatic N) is 1. The molecule has 0 fully saturated rings. The molecule has 150 valence electrons. The third kappa shape index (κ3) is 3.99. The summed E-state index contributed by atoms with van der Waals surface area (Å²) >= 11 is 15.3. The smallest absolute Gasteiger partial charge is 0.299 e. The Labute approximate surface area is 190 Å². The molecule has 0 unspecified atom stereocenters. The summed E-state index contributed by atoms with van der Waals surface area (Å²) in [5.74, 6) is -1.57. The molecular weight excluding hydrogens is 491 g/mol. The number of rotatable bonds is 4. The normalized spacial score (nSPS) is 12.8. The van der Waals surface area contributed by atoms with Crippen LogP contribution >= 0.6 is 39.1 Å². The van der Waals surface area contributed by atoms with Crippen LogP contribution in [0.4, 0.5) is 11.4 Å². The number of halogens is 3. The molecule has 8 heteroatoms. The minimum absolute atomic E-state index is 0.180. The Hall–Kier alpha value is -2.67. The molecule has 0 atom stereocenters. The summed E-state index contributed by atoms with van der Waals surface area (Å²) in [5, 5.41) is 3.54. The van der Waals surface area contributed by atoms with E-state index < -0.39 is 11.7 Å². The highest BCUT2D eigenvalue weighted by molar-refractivity contribution is 9.10. The summed E-state index contributed by atoms with van der Waals surface area (Å²) in [6, 6.07) is 16.8. The SMILES string of the molecule is O=C(Nc1ccc2c(c1)C(=O)C(=O)N2Cc1ccc(Cl)c(Cl)c1)c1ccc(Br)cc1. The van der Waals surface area contributed by atoms with Crippen molar-refractivity contribution in [3.05, 3.63) is 91.9 Å². The van der Waals surface area contributed by atoms with Crippen LogP contribution in [-0.4, -0.2) is 17.6 Å². The summed E-state index contributed by atoms with van der Waals surface area (Å²) in [4.78, 5) is 38.8. The number of carbonyl (C=O) groups is 3. The second-order valence-corrected chi connectivity index (χ2v) is 8.39. The van der Waals surface area contributed by atoms with Crippen molar-refractivity contribution < 1.29 is 14.4 Å². The van der Waals surface area contributed by atoms with Gasteiger partial charge in [-0.05, 0) is 60.2 Å². The van der Waals surface area contributed by atoms with Crippen LogP contribution < -0.4 is 10.2 Å². The molecule has 5 nitrogen and oxygen atoms in total. The average Bonchev–Trinajstić information content (AvgIpc) is 2.96. The highest BCUT2D eigenvalue weighted by Gasteiger charge is 2.36. The van der Waals surface area contributed by atoms with Crippen LogP contribution in [0.15, 0.2) is 65.1 Å². The molecule has 0 bridgehead atoms. The molecule has 30 heavy (non-hydrogen) atoms. The highest BCUT2D eigenvalue weighted by Crippen LogP contribution is 2.33. The van der Waals surface area contributed by atoms with Gasteiger partial charge in [0.15, 0.2) is 0 Å². The van der Waals surface area contributed by atoms with Crippen molar-refractivity contribution in [1.82, 2.24) is 0 Å². The molecular formula is C22H13BrCl2N2O3. The molecule has 0 aliphatic carbocycles. The molecule has 1 aliphatic heterocycles. The van der Waals surface area contributed by atoms with Crippen LogP contribution in [0.1, 0.15) is 26.3 Å². The number of ketones is 1. The van der Waals surface area contributed by atoms with E-state index in [0.717, 1.165) is 10.0 Å². The van der Waals surface area contributed by atoms with E-state index in [0.29, 0.717) is 27.0 Å². The fourth-order valence-electron chi connectivity index (χ4n) is 3.16. The summed E-state index contributed by atoms with van der Waals surface area (Å²) < 4.78 is 0.864. The predicted molar refractivity (Wildman–Crippen MR) is 121 cm³/mol. The number of nitrogens with one attached hydrogen (secondary N) is 1. The highest BCUT2D eigenvalue weighted by atomic mass is 79.9. The van der Waals surface area contributed by atoms with Gasteiger partial charge in [0.2, 0.25) is 0 Å². The fourth-order valence-corrected chi connectivity index (χ4v) is 3.75. The summed E-state index contributed by atoms with van der Waals surface area (Å²) in [7, 11) is 0. The Morgan fingerprint density at radius 2 is 1.67 bits per heavy atom. The van der Waals surface area contributed by atoms with Gasteiger partial charge in [-0.2, -0.15) is 0 Å². The van der Waals surface area contributed by atoms with Crippen molar-refractivity contribution in [2.75, 3.05) is 10.2 Å². The van der Waals surface area contributed by atoms with Gasteiger partial charge in [-0.25, -0.2) is 0 Å². The number of benzene rings is 3. The molecule has 3 aromatic rings. The van der Waals surface area contributed by atoms with Crippen LogP contribution in [0.3, 0.4) is 0 Å². The number of fused-ring (bicyclic) bond motifs is 1. The maximum atomic E-state index is 12.5. The van der Waals surface area contributed by atoms with Gasteiger partial charge in [0.05, 0.1) is 27.8 Å². The van der Waals surface area contributed by atoms with Crippen molar-refractivity contribution in [2.24, 2.45) is 0 Å². The third-order valence-electron chi connectivity index (χ3n) is 4.66. The van der Waals surface area contributed by atoms with Crippen molar-refractivity contribution >= 4 is 68.1 Å². The van der Waals surface area contributed by atoms with Gasteiger partial charge in [0.1, 0.15) is 0 Å². The van der Waals surface area contributed by atoms with Gasteiger partial charge in [0.25, 0.3) is 17.6 Å². The lowest BCUT2D eigenvalue weighted by molar-refractivity contribution is -0.114. The second-order valence-electron chi connectivity index (χ2n) is 6.66. The molecule has 1 heterocycles. The van der Waals surface area contributed by atoms with Crippen molar-refractivity contribution in [2.45, 2.75) is 6.54 Å². The van der Waals surface area contributed by atoms with E-state index in [1.165, 1.54) is 11.0 Å². The van der Waals surface area contributed by atoms with Gasteiger partial charge in [-0.15, -0.1) is 0 Å². The lowest BCUT2D eigenvalue weighted by Crippen LogP contribution is -2.29. The van der Waals surface area contributed by atoms with Crippen LogP contribution in [-0.2, 0) is 11.3 Å². The first kappa shape index (κ1) is 20.6. The van der Waals surface area contributed by atoms with Crippen LogP contribution in [0.25, 0.3) is 0 Å². The fraction of sp³-hybridized carbons (Fsp3) is 0.0455. The molecule has 0 radical (unpaired) electrons. The number of hydrogen-bond donors (Lipinski definition) is 1. The van der Waals surface area contributed by atoms with E-state index in [1.54, 1.807) is 54.6 Å². The number of amides is 2. The molecule has 4 rings (SSSR count). The first-order chi connectivity index (χ1) is 14.3. The Bertz CT molecular complexity index is 1200. The van der Waals surface area contributed by atoms with Gasteiger partial charge < -0.3 is 10.2 Å². The molecule has 0 saturated heterocycles. The standard InChI is InChI=1S/C22H13BrCl2N2O3/c23-14-4-2-13(3-5-14)21(29)26-15-6-8-19-16(10-15)20(28)22(30)27(19)11-12-1-7-17(24)18(25)9-12/h1-10H,11H2,(H,26,29). The molecule has 0 saturated carbocycles. The number of hydrogen-bond acceptors (Lipinski definition) is 3. The zero-order valence-corrected chi connectivity index (χ0v) is 18.4. The zero-order valence-electron chi connectivity index (χ0n) is 15.3. The first-order valence-corrected chi connectivity index (χ1v) is 10.4. The first-order valence-electron chi connectivity index (χ1n) is 8.84. The van der Waals surface area contributed by atoms with Crippen molar-refractivity contribution in [3.8, 4) is 0 Å². The van der Waals surface area contributed by atoms with Gasteiger partial charge in [-0.1, -0.05) is 45.2 Å². The number of Topliss-reactive ketones (excluding diaryl/α,β-unsaturated/α-hetero) is 1. The van der Waals surface area contributed by atoms with E-state index in [1.807, 2.05) is 0 Å². The summed E-state index contributed by atoms with van der Waals surface area (Å²) in [5.41, 5.74) is 2.37. The molecule has 2 amide bonds. The van der Waals surface area contributed by atoms with Gasteiger partial charge in [-0.3, -0.25) is 14.4 Å². The van der Waals surface area contributed by atoms with Crippen LogP contribution in [0, 0.1) is 0 Å². The lowest BCUT2D eigenvalue weighted by Gasteiger charge is -2.17. The van der Waals surface area contributed by atoms with E-state index >= 15 is 0 Å².